The Labute approximate surface area is 195 Å². The third-order valence-electron chi connectivity index (χ3n) is 5.33. The van der Waals surface area contributed by atoms with Gasteiger partial charge in [0.25, 0.3) is 5.91 Å². The van der Waals surface area contributed by atoms with Crippen LogP contribution in [0.1, 0.15) is 11.1 Å². The summed E-state index contributed by atoms with van der Waals surface area (Å²) in [5, 5.41) is 2.69. The van der Waals surface area contributed by atoms with Crippen molar-refractivity contribution in [2.24, 2.45) is 5.73 Å². The molecule has 0 bridgehead atoms. The molecule has 0 saturated carbocycles. The number of rotatable bonds is 4. The molecule has 0 aliphatic carbocycles. The summed E-state index contributed by atoms with van der Waals surface area (Å²) in [6.07, 6.45) is -5.30. The Balaban J connectivity index is 1.87. The minimum atomic E-state index is -5.30. The van der Waals surface area contributed by atoms with Gasteiger partial charge in [0.15, 0.2) is 5.54 Å². The number of nitrogens with one attached hydrogen (secondary N) is 1. The lowest BCUT2D eigenvalue weighted by molar-refractivity contribution is -0.228. The van der Waals surface area contributed by atoms with Gasteiger partial charge in [-0.15, -0.1) is 11.3 Å². The van der Waals surface area contributed by atoms with Crippen molar-refractivity contribution in [2.45, 2.75) is 17.7 Å². The third kappa shape index (κ3) is 3.99. The van der Waals surface area contributed by atoms with Gasteiger partial charge in [0.2, 0.25) is 0 Å². The van der Waals surface area contributed by atoms with Gasteiger partial charge >= 0.3 is 18.1 Å². The van der Waals surface area contributed by atoms with E-state index in [1.54, 1.807) is 54.6 Å². The van der Waals surface area contributed by atoms with Gasteiger partial charge in [-0.2, -0.15) is 13.2 Å². The van der Waals surface area contributed by atoms with E-state index in [9.17, 15) is 22.8 Å². The number of amides is 1. The minimum Gasteiger partial charge on any atom is -0.404 e. The van der Waals surface area contributed by atoms with E-state index in [1.807, 2.05) is 12.1 Å². The molecule has 11 heteroatoms. The molecule has 33 heavy (non-hydrogen) atoms. The number of nitrogens with zero attached hydrogens (tertiary/aromatic N) is 1. The molecular formula is C22H17ClF3N3O3S. The lowest BCUT2D eigenvalue weighted by Gasteiger charge is -2.32. The van der Waals surface area contributed by atoms with E-state index in [4.69, 9.17) is 17.3 Å². The second-order valence-corrected chi connectivity index (χ2v) is 9.09. The van der Waals surface area contributed by atoms with Crippen LogP contribution < -0.4 is 11.1 Å². The molecule has 172 valence electrons. The first kappa shape index (κ1) is 23.2. The molecule has 3 N–H and O–H groups in total. The number of carbonyl (C=O) groups is 2. The molecular weight excluding hydrogens is 479 g/mol. The molecule has 2 aromatic carbocycles. The number of alkyl halides is 3. The monoisotopic (exact) mass is 495 g/mol. The molecule has 1 aliphatic rings. The van der Waals surface area contributed by atoms with Crippen LogP contribution in [0.3, 0.4) is 0 Å². The summed E-state index contributed by atoms with van der Waals surface area (Å²) in [6.45, 7) is 0. The zero-order valence-corrected chi connectivity index (χ0v) is 18.6. The third-order valence-corrected chi connectivity index (χ3v) is 6.61. The molecule has 0 radical (unpaired) electrons. The molecule has 1 saturated heterocycles. The molecule has 1 fully saturated rings. The first-order chi connectivity index (χ1) is 15.5. The number of benzene rings is 2. The predicted octanol–water partition coefficient (Wildman–Crippen LogP) is 4.05. The van der Waals surface area contributed by atoms with Crippen LogP contribution in [0.4, 0.5) is 13.2 Å². The summed E-state index contributed by atoms with van der Waals surface area (Å²) in [7, 11) is 1.16. The van der Waals surface area contributed by atoms with Gasteiger partial charge in [0, 0.05) is 11.9 Å². The number of halogens is 4. The second kappa shape index (κ2) is 8.14. The molecule has 1 aliphatic heterocycles. The summed E-state index contributed by atoms with van der Waals surface area (Å²) in [6, 6.07) is 18.8. The normalized spacial score (nSPS) is 23.1. The summed E-state index contributed by atoms with van der Waals surface area (Å²) < 4.78 is 43.8. The van der Waals surface area contributed by atoms with Gasteiger partial charge in [-0.25, -0.2) is 10.1 Å². The molecule has 1 amide bonds. The Kier molecular flexibility index (Phi) is 5.73. The average Bonchev–Trinajstić information content (AvgIpc) is 3.30. The van der Waals surface area contributed by atoms with Crippen molar-refractivity contribution in [3.8, 4) is 10.4 Å². The maximum Gasteiger partial charge on any atom is 0.491 e. The SMILES string of the molecule is CN1C(=O)C(c2ccccc2)(c2cccc(-c3ccc(Cl)s3)c2)NC1(N)OC(=O)C(F)(F)F. The highest BCUT2D eigenvalue weighted by molar-refractivity contribution is 7.19. The van der Waals surface area contributed by atoms with Crippen LogP contribution in [0.15, 0.2) is 66.7 Å². The van der Waals surface area contributed by atoms with Crippen molar-refractivity contribution in [1.29, 1.82) is 0 Å². The zero-order chi connectivity index (χ0) is 24.0. The van der Waals surface area contributed by atoms with Gasteiger partial charge in [-0.05, 0) is 34.9 Å². The maximum absolute atomic E-state index is 13.6. The molecule has 0 spiro atoms. The zero-order valence-electron chi connectivity index (χ0n) is 17.0. The first-order valence-electron chi connectivity index (χ1n) is 9.56. The Morgan fingerprint density at radius 1 is 1.09 bits per heavy atom. The van der Waals surface area contributed by atoms with E-state index in [0.29, 0.717) is 15.5 Å². The lowest BCUT2D eigenvalue weighted by atomic mass is 9.82. The largest absolute Gasteiger partial charge is 0.491 e. The van der Waals surface area contributed by atoms with Crippen molar-refractivity contribution in [2.75, 3.05) is 7.05 Å². The van der Waals surface area contributed by atoms with Crippen molar-refractivity contribution in [3.05, 3.63) is 82.2 Å². The number of hydrogen-bond acceptors (Lipinski definition) is 6. The molecule has 4 rings (SSSR count). The fraction of sp³-hybridized carbons (Fsp3) is 0.182. The lowest BCUT2D eigenvalue weighted by Crippen LogP contribution is -2.64. The number of thiophene rings is 1. The Bertz CT molecular complexity index is 1220. The highest BCUT2D eigenvalue weighted by atomic mass is 35.5. The number of ether oxygens (including phenoxy) is 1. The van der Waals surface area contributed by atoms with E-state index >= 15 is 0 Å². The highest BCUT2D eigenvalue weighted by Crippen LogP contribution is 2.41. The Morgan fingerprint density at radius 2 is 1.76 bits per heavy atom. The molecule has 2 heterocycles. The van der Waals surface area contributed by atoms with Crippen LogP contribution in [0.2, 0.25) is 4.34 Å². The predicted molar refractivity (Wildman–Crippen MR) is 117 cm³/mol. The number of carbonyl (C=O) groups excluding carboxylic acids is 2. The van der Waals surface area contributed by atoms with E-state index in [0.717, 1.165) is 22.4 Å². The topological polar surface area (TPSA) is 84.7 Å². The smallest absolute Gasteiger partial charge is 0.404 e. The molecule has 3 aromatic rings. The number of likely N-dealkylation sites (N-methyl/N-ethyl adjacent to an activating group) is 1. The van der Waals surface area contributed by atoms with Crippen LogP contribution in [-0.4, -0.2) is 36.0 Å². The standard InChI is InChI=1S/C22H17ClF3N3O3S/c1-29-18(30)20(14-7-3-2-4-8-14,28-22(29,27)32-19(31)21(24,25)26)15-9-5-6-13(12-15)16-10-11-17(23)33-16/h2-12,28H,27H2,1H3. The number of nitrogens with two attached hydrogens (primary N) is 1. The summed E-state index contributed by atoms with van der Waals surface area (Å²) in [4.78, 5) is 26.8. The van der Waals surface area contributed by atoms with Crippen molar-refractivity contribution < 1.29 is 27.5 Å². The maximum atomic E-state index is 13.6. The van der Waals surface area contributed by atoms with E-state index in [2.05, 4.69) is 10.1 Å². The van der Waals surface area contributed by atoms with Gasteiger partial charge in [-0.1, -0.05) is 60.1 Å². The second-order valence-electron chi connectivity index (χ2n) is 7.37. The van der Waals surface area contributed by atoms with Crippen LogP contribution in [-0.2, 0) is 19.9 Å². The fourth-order valence-electron chi connectivity index (χ4n) is 3.72. The molecule has 6 nitrogen and oxygen atoms in total. The van der Waals surface area contributed by atoms with Gasteiger partial charge in [0.1, 0.15) is 0 Å². The van der Waals surface area contributed by atoms with Crippen LogP contribution >= 0.6 is 22.9 Å². The Hall–Kier alpha value is -2.92. The Morgan fingerprint density at radius 3 is 2.36 bits per heavy atom. The van der Waals surface area contributed by atoms with Crippen molar-refractivity contribution in [1.82, 2.24) is 10.2 Å². The van der Waals surface area contributed by atoms with Gasteiger partial charge < -0.3 is 4.74 Å². The number of hydrogen-bond donors (Lipinski definition) is 2. The van der Waals surface area contributed by atoms with E-state index in [-0.39, 0.29) is 0 Å². The average molecular weight is 496 g/mol. The minimum absolute atomic E-state index is 0.392. The molecule has 1 aromatic heterocycles. The quantitative estimate of drug-likeness (QED) is 0.421. The van der Waals surface area contributed by atoms with Crippen LogP contribution in [0, 0.1) is 0 Å². The first-order valence-corrected chi connectivity index (χ1v) is 10.8. The van der Waals surface area contributed by atoms with Crippen molar-refractivity contribution >= 4 is 34.8 Å². The molecule has 2 atom stereocenters. The van der Waals surface area contributed by atoms with Gasteiger partial charge in [-0.3, -0.25) is 15.4 Å². The summed E-state index contributed by atoms with van der Waals surface area (Å²) >= 11 is 7.38. The fourth-order valence-corrected chi connectivity index (χ4v) is 4.76. The van der Waals surface area contributed by atoms with Crippen molar-refractivity contribution in [3.63, 3.8) is 0 Å². The van der Waals surface area contributed by atoms with Crippen LogP contribution in [0.25, 0.3) is 10.4 Å². The van der Waals surface area contributed by atoms with E-state index < -0.39 is 29.6 Å². The summed E-state index contributed by atoms with van der Waals surface area (Å²) in [5.41, 5.74) is 5.83. The van der Waals surface area contributed by atoms with Gasteiger partial charge in [0.05, 0.1) is 4.34 Å². The van der Waals surface area contributed by atoms with E-state index in [1.165, 1.54) is 11.3 Å². The number of esters is 1. The van der Waals surface area contributed by atoms with Crippen LogP contribution in [0.5, 0.6) is 0 Å². The molecule has 2 unspecified atom stereocenters. The highest BCUT2D eigenvalue weighted by Gasteiger charge is 2.62. The summed E-state index contributed by atoms with van der Waals surface area (Å²) in [5.74, 6) is -5.78.